The molecule has 1 aliphatic heterocycles. The Morgan fingerprint density at radius 2 is 1.72 bits per heavy atom. The number of carbonyl (C=O) groups is 1. The molecular weight excluding hydrogens is 336 g/mol. The quantitative estimate of drug-likeness (QED) is 0.848. The molecule has 6 heteroatoms. The maximum Gasteiger partial charge on any atom is 0.258 e. The summed E-state index contributed by atoms with van der Waals surface area (Å²) in [6, 6.07) is 14.1. The van der Waals surface area contributed by atoms with E-state index in [1.165, 1.54) is 31.8 Å². The first kappa shape index (κ1) is 17.6. The first-order chi connectivity index (χ1) is 11.8. The summed E-state index contributed by atoms with van der Waals surface area (Å²) < 4.78 is 25.5. The van der Waals surface area contributed by atoms with Crippen LogP contribution in [0.3, 0.4) is 0 Å². The van der Waals surface area contributed by atoms with Crippen LogP contribution in [0.5, 0.6) is 0 Å². The maximum absolute atomic E-state index is 13.0. The second-order valence-electron chi connectivity index (χ2n) is 6.67. The Bertz CT molecular complexity index is 889. The zero-order chi connectivity index (χ0) is 18.2. The number of fused-ring (bicyclic) bond motifs is 1. The molecule has 5 nitrogen and oxygen atoms in total. The fourth-order valence-electron chi connectivity index (χ4n) is 3.13. The van der Waals surface area contributed by atoms with Gasteiger partial charge >= 0.3 is 0 Å². The van der Waals surface area contributed by atoms with E-state index in [2.05, 4.69) is 13.0 Å². The summed E-state index contributed by atoms with van der Waals surface area (Å²) in [6.07, 6.45) is 0.958. The van der Waals surface area contributed by atoms with E-state index in [1.54, 1.807) is 17.0 Å². The molecule has 0 aliphatic carbocycles. The zero-order valence-electron chi connectivity index (χ0n) is 14.6. The number of nitrogens with zero attached hydrogens (tertiary/aromatic N) is 2. The van der Waals surface area contributed by atoms with E-state index in [4.69, 9.17) is 0 Å². The predicted octanol–water partition coefficient (Wildman–Crippen LogP) is 2.78. The number of carbonyl (C=O) groups excluding carboxylic acids is 1. The van der Waals surface area contributed by atoms with Crippen LogP contribution in [0.15, 0.2) is 53.4 Å². The molecule has 0 N–H and O–H groups in total. The van der Waals surface area contributed by atoms with Crippen molar-refractivity contribution in [3.63, 3.8) is 0 Å². The van der Waals surface area contributed by atoms with Crippen molar-refractivity contribution in [2.75, 3.05) is 25.5 Å². The lowest BCUT2D eigenvalue weighted by molar-refractivity contribution is 0.0981. The SMILES string of the molecule is CC1Cc2ccccc2N(C(=O)c2ccc(S(=O)(=O)N(C)C)cc2)C1. The van der Waals surface area contributed by atoms with Gasteiger partial charge in [0.1, 0.15) is 0 Å². The minimum atomic E-state index is -3.49. The number of hydrogen-bond acceptors (Lipinski definition) is 3. The average molecular weight is 358 g/mol. The number of amides is 1. The van der Waals surface area contributed by atoms with E-state index in [0.29, 0.717) is 18.0 Å². The van der Waals surface area contributed by atoms with Crippen LogP contribution in [0.25, 0.3) is 0 Å². The van der Waals surface area contributed by atoms with Gasteiger partial charge in [-0.25, -0.2) is 12.7 Å². The number of anilines is 1. The lowest BCUT2D eigenvalue weighted by atomic mass is 9.93. The van der Waals surface area contributed by atoms with E-state index in [1.807, 2.05) is 18.2 Å². The molecule has 0 aromatic heterocycles. The summed E-state index contributed by atoms with van der Waals surface area (Å²) in [6.45, 7) is 2.79. The normalized spacial score (nSPS) is 17.4. The van der Waals surface area contributed by atoms with Gasteiger partial charge in [0.25, 0.3) is 5.91 Å². The fraction of sp³-hybridized carbons (Fsp3) is 0.316. The van der Waals surface area contributed by atoms with E-state index in [0.717, 1.165) is 16.4 Å². The maximum atomic E-state index is 13.0. The molecule has 0 spiro atoms. The third kappa shape index (κ3) is 3.32. The van der Waals surface area contributed by atoms with Crippen molar-refractivity contribution in [2.24, 2.45) is 5.92 Å². The number of rotatable bonds is 3. The second-order valence-corrected chi connectivity index (χ2v) is 8.82. The van der Waals surface area contributed by atoms with Crippen LogP contribution in [-0.2, 0) is 16.4 Å². The van der Waals surface area contributed by atoms with Gasteiger partial charge in [-0.15, -0.1) is 0 Å². The molecule has 1 amide bonds. The van der Waals surface area contributed by atoms with Crippen molar-refractivity contribution in [3.05, 3.63) is 59.7 Å². The van der Waals surface area contributed by atoms with Crippen molar-refractivity contribution in [2.45, 2.75) is 18.2 Å². The van der Waals surface area contributed by atoms with Crippen molar-refractivity contribution in [1.82, 2.24) is 4.31 Å². The zero-order valence-corrected chi connectivity index (χ0v) is 15.5. The third-order valence-corrected chi connectivity index (χ3v) is 6.30. The predicted molar refractivity (Wildman–Crippen MR) is 98.3 cm³/mol. The summed E-state index contributed by atoms with van der Waals surface area (Å²) in [7, 11) is -0.520. The molecule has 0 radical (unpaired) electrons. The van der Waals surface area contributed by atoms with Gasteiger partial charge in [0.15, 0.2) is 0 Å². The molecule has 0 fully saturated rings. The number of para-hydroxylation sites is 1. The monoisotopic (exact) mass is 358 g/mol. The van der Waals surface area contributed by atoms with Gasteiger partial charge < -0.3 is 4.90 Å². The van der Waals surface area contributed by atoms with Crippen LogP contribution in [-0.4, -0.2) is 39.3 Å². The number of hydrogen-bond donors (Lipinski definition) is 0. The minimum absolute atomic E-state index is 0.104. The van der Waals surface area contributed by atoms with Gasteiger partial charge in [-0.2, -0.15) is 0 Å². The smallest absolute Gasteiger partial charge is 0.258 e. The molecule has 1 unspecified atom stereocenters. The lowest BCUT2D eigenvalue weighted by Gasteiger charge is -2.33. The molecule has 0 bridgehead atoms. The molecule has 0 saturated heterocycles. The highest BCUT2D eigenvalue weighted by molar-refractivity contribution is 7.89. The second kappa shape index (κ2) is 6.61. The molecule has 1 atom stereocenters. The summed E-state index contributed by atoms with van der Waals surface area (Å²) in [5.74, 6) is 0.278. The Morgan fingerprint density at radius 1 is 1.08 bits per heavy atom. The average Bonchev–Trinajstić information content (AvgIpc) is 2.60. The summed E-state index contributed by atoms with van der Waals surface area (Å²) in [5.41, 5.74) is 2.60. The molecule has 2 aromatic carbocycles. The van der Waals surface area contributed by atoms with Crippen LogP contribution in [0.4, 0.5) is 5.69 Å². The van der Waals surface area contributed by atoms with E-state index < -0.39 is 10.0 Å². The molecular formula is C19H22N2O3S. The Morgan fingerprint density at radius 3 is 2.36 bits per heavy atom. The van der Waals surface area contributed by atoms with Crippen LogP contribution in [0.1, 0.15) is 22.8 Å². The van der Waals surface area contributed by atoms with Crippen LogP contribution < -0.4 is 4.90 Å². The molecule has 1 heterocycles. The van der Waals surface area contributed by atoms with Crippen LogP contribution in [0.2, 0.25) is 0 Å². The van der Waals surface area contributed by atoms with Crippen molar-refractivity contribution in [3.8, 4) is 0 Å². The molecule has 3 rings (SSSR count). The molecule has 2 aromatic rings. The Balaban J connectivity index is 1.92. The highest BCUT2D eigenvalue weighted by atomic mass is 32.2. The van der Waals surface area contributed by atoms with Gasteiger partial charge in [-0.3, -0.25) is 4.79 Å². The Hall–Kier alpha value is -2.18. The highest BCUT2D eigenvalue weighted by Crippen LogP contribution is 2.30. The summed E-state index contributed by atoms with van der Waals surface area (Å²) in [4.78, 5) is 14.9. The van der Waals surface area contributed by atoms with Gasteiger partial charge in [0, 0.05) is 31.9 Å². The Labute approximate surface area is 148 Å². The van der Waals surface area contributed by atoms with Gasteiger partial charge in [-0.1, -0.05) is 25.1 Å². The first-order valence-corrected chi connectivity index (χ1v) is 9.67. The van der Waals surface area contributed by atoms with E-state index in [9.17, 15) is 13.2 Å². The Kier molecular flexibility index (Phi) is 4.67. The molecule has 0 saturated carbocycles. The third-order valence-electron chi connectivity index (χ3n) is 4.47. The van der Waals surface area contributed by atoms with E-state index in [-0.39, 0.29) is 10.8 Å². The minimum Gasteiger partial charge on any atom is -0.308 e. The molecule has 1 aliphatic rings. The number of sulfonamides is 1. The molecule has 132 valence electrons. The fourth-order valence-corrected chi connectivity index (χ4v) is 4.03. The first-order valence-electron chi connectivity index (χ1n) is 8.23. The summed E-state index contributed by atoms with van der Waals surface area (Å²) >= 11 is 0. The van der Waals surface area contributed by atoms with Gasteiger partial charge in [-0.05, 0) is 48.2 Å². The van der Waals surface area contributed by atoms with Crippen molar-refractivity contribution in [1.29, 1.82) is 0 Å². The van der Waals surface area contributed by atoms with Crippen LogP contribution >= 0.6 is 0 Å². The highest BCUT2D eigenvalue weighted by Gasteiger charge is 2.27. The van der Waals surface area contributed by atoms with Crippen molar-refractivity contribution >= 4 is 21.6 Å². The standard InChI is InChI=1S/C19H22N2O3S/c1-14-12-16-6-4-5-7-18(16)21(13-14)19(22)15-8-10-17(11-9-15)25(23,24)20(2)3/h4-11,14H,12-13H2,1-3H3. The van der Waals surface area contributed by atoms with Gasteiger partial charge in [0.05, 0.1) is 4.90 Å². The topological polar surface area (TPSA) is 57.7 Å². The van der Waals surface area contributed by atoms with Gasteiger partial charge in [0.2, 0.25) is 10.0 Å². The van der Waals surface area contributed by atoms with Crippen LogP contribution in [0, 0.1) is 5.92 Å². The van der Waals surface area contributed by atoms with E-state index >= 15 is 0 Å². The largest absolute Gasteiger partial charge is 0.308 e. The number of benzene rings is 2. The van der Waals surface area contributed by atoms with Crippen molar-refractivity contribution < 1.29 is 13.2 Å². The summed E-state index contributed by atoms with van der Waals surface area (Å²) in [5, 5.41) is 0. The lowest BCUT2D eigenvalue weighted by Crippen LogP contribution is -2.39. The molecule has 25 heavy (non-hydrogen) atoms.